The van der Waals surface area contributed by atoms with E-state index in [9.17, 15) is 0 Å². The second-order valence-electron chi connectivity index (χ2n) is 7.08. The number of hydrogen-bond donors (Lipinski definition) is 0. The summed E-state index contributed by atoms with van der Waals surface area (Å²) in [7, 11) is 1.31. The standard InChI is InChI=1S/C22H24INO4S.C3H8.C2H6/c1-17-2-4-18(5-3-17)21-8-6-19-16-20(7-9-22(19)24-21)27-14-12-25-10-11-26-13-15-28-29-23;1-3-2;1-2/h2-9,16H,10-15H2,1H3;3H2,1-2H3;1-2H3. The molecule has 3 aromatic rings. The van der Waals surface area contributed by atoms with Gasteiger partial charge in [-0.25, -0.2) is 4.98 Å². The highest BCUT2D eigenvalue weighted by molar-refractivity contribution is 14.2. The highest BCUT2D eigenvalue weighted by atomic mass is 127. The van der Waals surface area contributed by atoms with Gasteiger partial charge >= 0.3 is 0 Å². The van der Waals surface area contributed by atoms with Crippen LogP contribution < -0.4 is 4.74 Å². The number of benzene rings is 2. The van der Waals surface area contributed by atoms with Crippen LogP contribution in [0.5, 0.6) is 5.75 Å². The number of nitrogens with zero attached hydrogens (tertiary/aromatic N) is 1. The first-order chi connectivity index (χ1) is 16.7. The van der Waals surface area contributed by atoms with Crippen molar-refractivity contribution in [3.63, 3.8) is 0 Å². The molecule has 0 fully saturated rings. The summed E-state index contributed by atoms with van der Waals surface area (Å²) in [5, 5.41) is 1.06. The molecule has 0 saturated carbocycles. The smallest absolute Gasteiger partial charge is 0.120 e. The lowest BCUT2D eigenvalue weighted by atomic mass is 10.1. The van der Waals surface area contributed by atoms with Crippen molar-refractivity contribution in [2.45, 2.75) is 41.0 Å². The van der Waals surface area contributed by atoms with Crippen molar-refractivity contribution in [3.05, 3.63) is 60.2 Å². The van der Waals surface area contributed by atoms with E-state index >= 15 is 0 Å². The molecule has 0 bridgehead atoms. The molecule has 34 heavy (non-hydrogen) atoms. The SMILES string of the molecule is CC.CCC.Cc1ccc(-c2ccc3cc(OCCOCCOCCOSI)ccc3n2)cc1. The quantitative estimate of drug-likeness (QED) is 0.119. The Labute approximate surface area is 221 Å². The van der Waals surface area contributed by atoms with Gasteiger partial charge in [0.1, 0.15) is 12.4 Å². The Morgan fingerprint density at radius 1 is 0.794 bits per heavy atom. The van der Waals surface area contributed by atoms with E-state index in [0.29, 0.717) is 39.6 Å². The maximum atomic E-state index is 5.78. The van der Waals surface area contributed by atoms with Gasteiger partial charge in [0.15, 0.2) is 0 Å². The van der Waals surface area contributed by atoms with E-state index in [1.54, 1.807) is 0 Å². The monoisotopic (exact) mass is 599 g/mol. The number of pyridine rings is 1. The molecule has 2 aromatic carbocycles. The summed E-state index contributed by atoms with van der Waals surface area (Å²) in [6, 6.07) is 18.5. The summed E-state index contributed by atoms with van der Waals surface area (Å²) < 4.78 is 21.8. The molecule has 0 unspecified atom stereocenters. The molecule has 0 N–H and O–H groups in total. The fourth-order valence-corrected chi connectivity index (χ4v) is 3.41. The summed E-state index contributed by atoms with van der Waals surface area (Å²) >= 11 is 2.08. The van der Waals surface area contributed by atoms with Crippen molar-refractivity contribution in [2.24, 2.45) is 0 Å². The Morgan fingerprint density at radius 2 is 1.41 bits per heavy atom. The Morgan fingerprint density at radius 3 is 2.06 bits per heavy atom. The fourth-order valence-electron chi connectivity index (χ4n) is 2.74. The highest BCUT2D eigenvalue weighted by Gasteiger charge is 2.03. The third-order valence-electron chi connectivity index (χ3n) is 4.23. The molecule has 3 rings (SSSR count). The third kappa shape index (κ3) is 12.4. The van der Waals surface area contributed by atoms with Crippen LogP contribution in [-0.4, -0.2) is 44.6 Å². The molecule has 0 aliphatic heterocycles. The molecule has 0 aliphatic carbocycles. The van der Waals surface area contributed by atoms with Gasteiger partial charge in [0.05, 0.1) is 53.5 Å². The zero-order valence-corrected chi connectivity index (χ0v) is 24.0. The number of rotatable bonds is 12. The summed E-state index contributed by atoms with van der Waals surface area (Å²) in [6.45, 7) is 13.6. The van der Waals surface area contributed by atoms with Gasteiger partial charge in [0, 0.05) is 32.2 Å². The lowest BCUT2D eigenvalue weighted by Crippen LogP contribution is -2.12. The third-order valence-corrected chi connectivity index (χ3v) is 5.25. The minimum absolute atomic E-state index is 0.495. The number of hydrogen-bond acceptors (Lipinski definition) is 6. The van der Waals surface area contributed by atoms with Crippen LogP contribution in [0.1, 0.15) is 39.7 Å². The molecule has 0 atom stereocenters. The average Bonchev–Trinajstić information content (AvgIpc) is 2.87. The minimum atomic E-state index is 0.495. The molecular weight excluding hydrogens is 561 g/mol. The van der Waals surface area contributed by atoms with E-state index < -0.39 is 0 Å². The van der Waals surface area contributed by atoms with Gasteiger partial charge in [-0.2, -0.15) is 0 Å². The predicted molar refractivity (Wildman–Crippen MR) is 154 cm³/mol. The maximum Gasteiger partial charge on any atom is 0.120 e. The van der Waals surface area contributed by atoms with Crippen molar-refractivity contribution in [1.82, 2.24) is 4.98 Å². The van der Waals surface area contributed by atoms with Crippen LogP contribution in [0.25, 0.3) is 22.2 Å². The number of ether oxygens (including phenoxy) is 3. The van der Waals surface area contributed by atoms with Crippen LogP contribution in [-0.2, 0) is 13.7 Å². The van der Waals surface area contributed by atoms with Gasteiger partial charge < -0.3 is 18.4 Å². The van der Waals surface area contributed by atoms with Gasteiger partial charge in [0.25, 0.3) is 0 Å². The zero-order valence-electron chi connectivity index (χ0n) is 21.0. The minimum Gasteiger partial charge on any atom is -0.491 e. The van der Waals surface area contributed by atoms with Crippen LogP contribution in [0, 0.1) is 6.92 Å². The average molecular weight is 600 g/mol. The number of fused-ring (bicyclic) bond motifs is 1. The van der Waals surface area contributed by atoms with Crippen molar-refractivity contribution in [1.29, 1.82) is 0 Å². The zero-order chi connectivity index (χ0) is 25.0. The van der Waals surface area contributed by atoms with E-state index in [1.165, 1.54) is 21.2 Å². The van der Waals surface area contributed by atoms with Crippen LogP contribution in [0.2, 0.25) is 0 Å². The van der Waals surface area contributed by atoms with Crippen LogP contribution in [0.3, 0.4) is 0 Å². The molecule has 5 nitrogen and oxygen atoms in total. The molecular formula is C27H38INO4S. The lowest BCUT2D eigenvalue weighted by Gasteiger charge is -2.09. The van der Waals surface area contributed by atoms with Gasteiger partial charge in [0.2, 0.25) is 0 Å². The van der Waals surface area contributed by atoms with Gasteiger partial charge in [-0.15, -0.1) is 0 Å². The Kier molecular flexibility index (Phi) is 17.9. The van der Waals surface area contributed by atoms with E-state index in [2.05, 4.69) is 72.3 Å². The summed E-state index contributed by atoms with van der Waals surface area (Å²) in [4.78, 5) is 4.77. The Hall–Kier alpha value is -1.39. The lowest BCUT2D eigenvalue weighted by molar-refractivity contribution is 0.0293. The molecule has 1 aromatic heterocycles. The van der Waals surface area contributed by atoms with Crippen LogP contribution >= 0.6 is 30.4 Å². The van der Waals surface area contributed by atoms with Crippen molar-refractivity contribution in [3.8, 4) is 17.0 Å². The normalized spacial score (nSPS) is 10.2. The molecule has 0 aliphatic rings. The molecule has 0 amide bonds. The first kappa shape index (κ1) is 30.6. The predicted octanol–water partition coefficient (Wildman–Crippen LogP) is 8.08. The molecule has 0 spiro atoms. The van der Waals surface area contributed by atoms with Crippen LogP contribution in [0.15, 0.2) is 54.6 Å². The van der Waals surface area contributed by atoms with Gasteiger partial charge in [-0.05, 0) is 31.2 Å². The van der Waals surface area contributed by atoms with E-state index in [-0.39, 0.29) is 0 Å². The first-order valence-electron chi connectivity index (χ1n) is 11.8. The van der Waals surface area contributed by atoms with Crippen molar-refractivity contribution in [2.75, 3.05) is 39.6 Å². The van der Waals surface area contributed by atoms with Crippen molar-refractivity contribution >= 4 is 41.3 Å². The fraction of sp³-hybridized carbons (Fsp3) is 0.444. The summed E-state index contributed by atoms with van der Waals surface area (Å²) in [6.07, 6.45) is 1.25. The Balaban J connectivity index is 0.00000107. The molecule has 1 heterocycles. The van der Waals surface area contributed by atoms with E-state index in [4.69, 9.17) is 23.4 Å². The Bertz CT molecular complexity index is 909. The highest BCUT2D eigenvalue weighted by Crippen LogP contribution is 2.24. The number of aryl methyl sites for hydroxylation is 1. The number of aromatic nitrogens is 1. The number of halogens is 1. The molecule has 7 heteroatoms. The maximum absolute atomic E-state index is 5.78. The largest absolute Gasteiger partial charge is 0.491 e. The van der Waals surface area contributed by atoms with E-state index in [1.807, 2.05) is 38.1 Å². The second kappa shape index (κ2) is 19.9. The molecule has 0 saturated heterocycles. The summed E-state index contributed by atoms with van der Waals surface area (Å²) in [5.41, 5.74) is 4.29. The molecule has 0 radical (unpaired) electrons. The van der Waals surface area contributed by atoms with Gasteiger partial charge in [-0.3, -0.25) is 0 Å². The second-order valence-corrected chi connectivity index (χ2v) is 8.52. The van der Waals surface area contributed by atoms with Gasteiger partial charge in [-0.1, -0.05) is 70.0 Å². The first-order valence-corrected chi connectivity index (χ1v) is 15.1. The molecule has 188 valence electrons. The topological polar surface area (TPSA) is 49.8 Å². The van der Waals surface area contributed by atoms with Crippen LogP contribution in [0.4, 0.5) is 0 Å². The van der Waals surface area contributed by atoms with Crippen molar-refractivity contribution < 1.29 is 18.4 Å². The van der Waals surface area contributed by atoms with E-state index in [0.717, 1.165) is 27.9 Å². The summed E-state index contributed by atoms with van der Waals surface area (Å²) in [5.74, 6) is 0.815.